The van der Waals surface area contributed by atoms with Crippen LogP contribution in [-0.2, 0) is 16.0 Å². The first-order valence-corrected chi connectivity index (χ1v) is 9.27. The molecule has 1 N–H and O–H groups in total. The average molecular weight is 372 g/mol. The second kappa shape index (κ2) is 8.76. The van der Waals surface area contributed by atoms with E-state index >= 15 is 0 Å². The number of thiophene rings is 1. The SMILES string of the molecule is Cc1cc(C(=O)CCC(=O)Nc2ccc(CC(=O)N(C)C)cc2)c(C)s1. The van der Waals surface area contributed by atoms with Gasteiger partial charge in [-0.1, -0.05) is 12.1 Å². The van der Waals surface area contributed by atoms with Crippen LogP contribution < -0.4 is 5.32 Å². The lowest BCUT2D eigenvalue weighted by molar-refractivity contribution is -0.128. The monoisotopic (exact) mass is 372 g/mol. The quantitative estimate of drug-likeness (QED) is 0.755. The fraction of sp³-hybridized carbons (Fsp3) is 0.350. The Morgan fingerprint density at radius 3 is 2.23 bits per heavy atom. The van der Waals surface area contributed by atoms with E-state index in [2.05, 4.69) is 5.32 Å². The number of benzene rings is 1. The fourth-order valence-corrected chi connectivity index (χ4v) is 3.47. The lowest BCUT2D eigenvalue weighted by Crippen LogP contribution is -2.23. The van der Waals surface area contributed by atoms with Crippen molar-refractivity contribution in [3.05, 3.63) is 51.2 Å². The van der Waals surface area contributed by atoms with Crippen LogP contribution in [0.2, 0.25) is 0 Å². The highest BCUT2D eigenvalue weighted by Crippen LogP contribution is 2.22. The molecule has 2 aromatic rings. The molecule has 0 unspecified atom stereocenters. The molecule has 0 aliphatic rings. The number of carbonyl (C=O) groups is 3. The molecule has 0 bridgehead atoms. The van der Waals surface area contributed by atoms with Crippen molar-refractivity contribution in [1.29, 1.82) is 0 Å². The minimum atomic E-state index is -0.194. The second-order valence-corrected chi connectivity index (χ2v) is 7.92. The van der Waals surface area contributed by atoms with Gasteiger partial charge in [0.05, 0.1) is 6.42 Å². The average Bonchev–Trinajstić information content (AvgIpc) is 2.92. The maximum atomic E-state index is 12.2. The summed E-state index contributed by atoms with van der Waals surface area (Å²) in [5.41, 5.74) is 2.27. The number of rotatable bonds is 7. The van der Waals surface area contributed by atoms with Crippen molar-refractivity contribution in [3.63, 3.8) is 0 Å². The third-order valence-corrected chi connectivity index (χ3v) is 4.98. The molecule has 5 nitrogen and oxygen atoms in total. The molecule has 0 spiro atoms. The molecule has 1 aromatic heterocycles. The molecule has 6 heteroatoms. The molecule has 0 aliphatic carbocycles. The van der Waals surface area contributed by atoms with Crippen LogP contribution in [0.5, 0.6) is 0 Å². The lowest BCUT2D eigenvalue weighted by atomic mass is 10.1. The Morgan fingerprint density at radius 2 is 1.69 bits per heavy atom. The highest BCUT2D eigenvalue weighted by molar-refractivity contribution is 7.12. The first kappa shape index (κ1) is 19.8. The summed E-state index contributed by atoms with van der Waals surface area (Å²) in [7, 11) is 3.44. The first-order chi connectivity index (χ1) is 12.3. The molecule has 0 radical (unpaired) electrons. The maximum absolute atomic E-state index is 12.2. The molecular formula is C20H24N2O3S. The maximum Gasteiger partial charge on any atom is 0.226 e. The number of ketones is 1. The van der Waals surface area contributed by atoms with Crippen molar-refractivity contribution in [2.24, 2.45) is 0 Å². The third-order valence-electron chi connectivity index (χ3n) is 4.01. The summed E-state index contributed by atoms with van der Waals surface area (Å²) in [4.78, 5) is 39.6. The third kappa shape index (κ3) is 5.52. The van der Waals surface area contributed by atoms with Crippen LogP contribution in [0.4, 0.5) is 5.69 Å². The zero-order valence-corrected chi connectivity index (χ0v) is 16.4. The number of nitrogens with zero attached hydrogens (tertiary/aromatic N) is 1. The van der Waals surface area contributed by atoms with Gasteiger partial charge in [-0.2, -0.15) is 0 Å². The van der Waals surface area contributed by atoms with Crippen molar-refractivity contribution in [2.45, 2.75) is 33.1 Å². The smallest absolute Gasteiger partial charge is 0.226 e. The van der Waals surface area contributed by atoms with Gasteiger partial charge in [-0.25, -0.2) is 0 Å². The number of hydrogen-bond donors (Lipinski definition) is 1. The summed E-state index contributed by atoms with van der Waals surface area (Å²) < 4.78 is 0. The molecule has 0 atom stereocenters. The summed E-state index contributed by atoms with van der Waals surface area (Å²) in [6.45, 7) is 3.89. The van der Waals surface area contributed by atoms with E-state index < -0.39 is 0 Å². The van der Waals surface area contributed by atoms with E-state index in [0.29, 0.717) is 12.1 Å². The van der Waals surface area contributed by atoms with Crippen LogP contribution in [0.25, 0.3) is 0 Å². The number of carbonyl (C=O) groups excluding carboxylic acids is 3. The summed E-state index contributed by atoms with van der Waals surface area (Å²) in [6, 6.07) is 9.06. The van der Waals surface area contributed by atoms with Gasteiger partial charge in [-0.05, 0) is 37.6 Å². The van der Waals surface area contributed by atoms with E-state index in [4.69, 9.17) is 0 Å². The Bertz CT molecular complexity index is 807. The zero-order valence-electron chi connectivity index (χ0n) is 15.6. The van der Waals surface area contributed by atoms with Gasteiger partial charge in [0, 0.05) is 47.9 Å². The minimum absolute atomic E-state index is 0.000421. The van der Waals surface area contributed by atoms with Crippen molar-refractivity contribution < 1.29 is 14.4 Å². The summed E-state index contributed by atoms with van der Waals surface area (Å²) in [6.07, 6.45) is 0.668. The molecule has 0 saturated heterocycles. The first-order valence-electron chi connectivity index (χ1n) is 8.45. The molecule has 2 amide bonds. The molecule has 0 saturated carbocycles. The van der Waals surface area contributed by atoms with Crippen molar-refractivity contribution in [2.75, 3.05) is 19.4 Å². The van der Waals surface area contributed by atoms with E-state index in [0.717, 1.165) is 20.9 Å². The van der Waals surface area contributed by atoms with Crippen molar-refractivity contribution in [3.8, 4) is 0 Å². The number of hydrogen-bond acceptors (Lipinski definition) is 4. The van der Waals surface area contributed by atoms with Crippen LogP contribution in [0.3, 0.4) is 0 Å². The molecule has 2 rings (SSSR count). The number of aryl methyl sites for hydroxylation is 2. The highest BCUT2D eigenvalue weighted by Gasteiger charge is 2.14. The van der Waals surface area contributed by atoms with E-state index in [1.54, 1.807) is 42.5 Å². The van der Waals surface area contributed by atoms with Crippen LogP contribution >= 0.6 is 11.3 Å². The Morgan fingerprint density at radius 1 is 1.04 bits per heavy atom. The van der Waals surface area contributed by atoms with Gasteiger partial charge in [0.1, 0.15) is 0 Å². The molecule has 1 aromatic carbocycles. The number of Topliss-reactive ketones (excluding diaryl/α,β-unsaturated/α-hetero) is 1. The van der Waals surface area contributed by atoms with E-state index in [1.165, 1.54) is 0 Å². The molecule has 0 fully saturated rings. The largest absolute Gasteiger partial charge is 0.349 e. The Balaban J connectivity index is 1.85. The number of amides is 2. The zero-order chi connectivity index (χ0) is 19.3. The minimum Gasteiger partial charge on any atom is -0.349 e. The lowest BCUT2D eigenvalue weighted by Gasteiger charge is -2.10. The molecular weight excluding hydrogens is 348 g/mol. The molecule has 1 heterocycles. The molecule has 138 valence electrons. The fourth-order valence-electron chi connectivity index (χ4n) is 2.53. The normalized spacial score (nSPS) is 10.5. The van der Waals surface area contributed by atoms with Crippen LogP contribution in [0, 0.1) is 13.8 Å². The molecule has 0 aliphatic heterocycles. The van der Waals surface area contributed by atoms with Gasteiger partial charge in [0.2, 0.25) is 11.8 Å². The van der Waals surface area contributed by atoms with E-state index in [-0.39, 0.29) is 30.4 Å². The van der Waals surface area contributed by atoms with Gasteiger partial charge < -0.3 is 10.2 Å². The topological polar surface area (TPSA) is 66.5 Å². The summed E-state index contributed by atoms with van der Waals surface area (Å²) in [5, 5.41) is 2.79. The number of likely N-dealkylation sites (N-methyl/N-ethyl adjacent to an activating group) is 1. The van der Waals surface area contributed by atoms with E-state index in [9.17, 15) is 14.4 Å². The van der Waals surface area contributed by atoms with Crippen molar-refractivity contribution >= 4 is 34.6 Å². The summed E-state index contributed by atoms with van der Waals surface area (Å²) >= 11 is 1.59. The van der Waals surface area contributed by atoms with Gasteiger partial charge in [0.25, 0.3) is 0 Å². The standard InChI is InChI=1S/C20H24N2O3S/c1-13-11-17(14(2)26-13)18(23)9-10-19(24)21-16-7-5-15(6-8-16)12-20(25)22(3)4/h5-8,11H,9-10,12H2,1-4H3,(H,21,24). The molecule has 26 heavy (non-hydrogen) atoms. The van der Waals surface area contributed by atoms with Crippen LogP contribution in [0.15, 0.2) is 30.3 Å². The summed E-state index contributed by atoms with van der Waals surface area (Å²) in [5.74, 6) is -0.168. The van der Waals surface area contributed by atoms with Gasteiger partial charge in [0.15, 0.2) is 5.78 Å². The number of anilines is 1. The van der Waals surface area contributed by atoms with Gasteiger partial charge >= 0.3 is 0 Å². The van der Waals surface area contributed by atoms with Gasteiger partial charge in [-0.3, -0.25) is 14.4 Å². The highest BCUT2D eigenvalue weighted by atomic mass is 32.1. The van der Waals surface area contributed by atoms with Gasteiger partial charge in [-0.15, -0.1) is 11.3 Å². The van der Waals surface area contributed by atoms with Crippen LogP contribution in [-0.4, -0.2) is 36.6 Å². The Kier molecular flexibility index (Phi) is 6.69. The number of nitrogens with one attached hydrogen (secondary N) is 1. The second-order valence-electron chi connectivity index (χ2n) is 6.46. The van der Waals surface area contributed by atoms with E-state index in [1.807, 2.05) is 32.0 Å². The Hall–Kier alpha value is -2.47. The predicted octanol–water partition coefficient (Wildman–Crippen LogP) is 3.60. The van der Waals surface area contributed by atoms with Crippen molar-refractivity contribution in [1.82, 2.24) is 4.90 Å². The predicted molar refractivity (Wildman–Crippen MR) is 105 cm³/mol. The Labute approximate surface area is 158 Å². The van der Waals surface area contributed by atoms with Crippen LogP contribution in [0.1, 0.15) is 38.5 Å².